The van der Waals surface area contributed by atoms with Crippen LogP contribution < -0.4 is 5.32 Å². The molecule has 0 fully saturated rings. The summed E-state index contributed by atoms with van der Waals surface area (Å²) in [6, 6.07) is 0. The molecule has 0 amide bonds. The largest absolute Gasteiger partial charge is 0.481 e. The SMILES string of the molecule is CNCCCCCCC(C)C(=O)O. The zero-order valence-electron chi connectivity index (χ0n) is 8.68. The standard InChI is InChI=1S/C10H21NO2/c1-9(10(12)13)7-5-3-4-6-8-11-2/h9,11H,3-8H2,1-2H3,(H,12,13). The molecular formula is C10H21NO2. The third kappa shape index (κ3) is 7.78. The van der Waals surface area contributed by atoms with E-state index < -0.39 is 5.97 Å². The number of aliphatic carboxylic acids is 1. The van der Waals surface area contributed by atoms with E-state index in [0.29, 0.717) is 0 Å². The number of hydrogen-bond donors (Lipinski definition) is 2. The summed E-state index contributed by atoms with van der Waals surface area (Å²) in [5.74, 6) is -0.848. The van der Waals surface area contributed by atoms with E-state index in [0.717, 1.165) is 25.8 Å². The van der Waals surface area contributed by atoms with Gasteiger partial charge >= 0.3 is 5.97 Å². The number of carboxylic acid groups (broad SMARTS) is 1. The molecule has 78 valence electrons. The Morgan fingerprint density at radius 1 is 1.31 bits per heavy atom. The van der Waals surface area contributed by atoms with Crippen LogP contribution in [-0.4, -0.2) is 24.7 Å². The van der Waals surface area contributed by atoms with Gasteiger partial charge in [-0.25, -0.2) is 0 Å². The van der Waals surface area contributed by atoms with Crippen molar-refractivity contribution in [3.8, 4) is 0 Å². The Morgan fingerprint density at radius 3 is 2.46 bits per heavy atom. The van der Waals surface area contributed by atoms with Gasteiger partial charge in [0.15, 0.2) is 0 Å². The van der Waals surface area contributed by atoms with Gasteiger partial charge in [0.05, 0.1) is 5.92 Å². The van der Waals surface area contributed by atoms with Gasteiger partial charge in [0, 0.05) is 0 Å². The molecule has 0 spiro atoms. The molecule has 0 saturated carbocycles. The normalized spacial score (nSPS) is 12.8. The first-order valence-electron chi connectivity index (χ1n) is 5.06. The minimum Gasteiger partial charge on any atom is -0.481 e. The summed E-state index contributed by atoms with van der Waals surface area (Å²) in [5, 5.41) is 11.7. The van der Waals surface area contributed by atoms with Crippen LogP contribution in [-0.2, 0) is 4.79 Å². The van der Waals surface area contributed by atoms with Gasteiger partial charge in [0.2, 0.25) is 0 Å². The number of unbranched alkanes of at least 4 members (excludes halogenated alkanes) is 3. The fourth-order valence-electron chi connectivity index (χ4n) is 1.23. The van der Waals surface area contributed by atoms with E-state index >= 15 is 0 Å². The van der Waals surface area contributed by atoms with Crippen LogP contribution in [0.2, 0.25) is 0 Å². The molecule has 0 aromatic carbocycles. The first-order chi connectivity index (χ1) is 6.18. The molecule has 1 unspecified atom stereocenters. The molecule has 13 heavy (non-hydrogen) atoms. The molecule has 0 rings (SSSR count). The summed E-state index contributed by atoms with van der Waals surface area (Å²) in [5.41, 5.74) is 0. The van der Waals surface area contributed by atoms with Crippen LogP contribution in [0.15, 0.2) is 0 Å². The highest BCUT2D eigenvalue weighted by atomic mass is 16.4. The van der Waals surface area contributed by atoms with E-state index in [1.54, 1.807) is 6.92 Å². The highest BCUT2D eigenvalue weighted by Gasteiger charge is 2.08. The minimum absolute atomic E-state index is 0.177. The molecule has 1 atom stereocenters. The van der Waals surface area contributed by atoms with Crippen molar-refractivity contribution in [1.29, 1.82) is 0 Å². The zero-order chi connectivity index (χ0) is 10.1. The Labute approximate surface area is 80.5 Å². The van der Waals surface area contributed by atoms with Gasteiger partial charge in [0.1, 0.15) is 0 Å². The number of nitrogens with one attached hydrogen (secondary N) is 1. The fraction of sp³-hybridized carbons (Fsp3) is 0.900. The van der Waals surface area contributed by atoms with Gasteiger partial charge in [-0.15, -0.1) is 0 Å². The second kappa shape index (κ2) is 8.05. The van der Waals surface area contributed by atoms with Gasteiger partial charge in [-0.2, -0.15) is 0 Å². The van der Waals surface area contributed by atoms with Crippen molar-refractivity contribution < 1.29 is 9.90 Å². The van der Waals surface area contributed by atoms with Crippen molar-refractivity contribution in [2.75, 3.05) is 13.6 Å². The molecule has 0 saturated heterocycles. The third-order valence-corrected chi connectivity index (χ3v) is 2.24. The summed E-state index contributed by atoms with van der Waals surface area (Å²) in [6.45, 7) is 2.84. The van der Waals surface area contributed by atoms with Crippen molar-refractivity contribution in [2.24, 2.45) is 5.92 Å². The smallest absolute Gasteiger partial charge is 0.306 e. The summed E-state index contributed by atoms with van der Waals surface area (Å²) >= 11 is 0. The number of carbonyl (C=O) groups is 1. The van der Waals surface area contributed by atoms with Crippen LogP contribution >= 0.6 is 0 Å². The van der Waals surface area contributed by atoms with Crippen LogP contribution in [0, 0.1) is 5.92 Å². The van der Waals surface area contributed by atoms with E-state index in [1.807, 2.05) is 7.05 Å². The maximum Gasteiger partial charge on any atom is 0.306 e. The van der Waals surface area contributed by atoms with Crippen LogP contribution in [0.1, 0.15) is 39.0 Å². The third-order valence-electron chi connectivity index (χ3n) is 2.24. The molecule has 2 N–H and O–H groups in total. The molecule has 3 heteroatoms. The molecular weight excluding hydrogens is 166 g/mol. The lowest BCUT2D eigenvalue weighted by atomic mass is 10.0. The van der Waals surface area contributed by atoms with E-state index in [-0.39, 0.29) is 5.92 Å². The van der Waals surface area contributed by atoms with Crippen LogP contribution in [0.5, 0.6) is 0 Å². The highest BCUT2D eigenvalue weighted by molar-refractivity contribution is 5.69. The predicted molar refractivity (Wildman–Crippen MR) is 53.8 cm³/mol. The van der Waals surface area contributed by atoms with Gasteiger partial charge < -0.3 is 10.4 Å². The molecule has 3 nitrogen and oxygen atoms in total. The van der Waals surface area contributed by atoms with Crippen LogP contribution in [0.3, 0.4) is 0 Å². The van der Waals surface area contributed by atoms with Gasteiger partial charge in [0.25, 0.3) is 0 Å². The van der Waals surface area contributed by atoms with Crippen LogP contribution in [0.4, 0.5) is 0 Å². The Morgan fingerprint density at radius 2 is 1.92 bits per heavy atom. The minimum atomic E-state index is -0.671. The molecule has 0 aliphatic heterocycles. The molecule has 0 heterocycles. The van der Waals surface area contributed by atoms with E-state index in [1.165, 1.54) is 12.8 Å². The number of hydrogen-bond acceptors (Lipinski definition) is 2. The second-order valence-corrected chi connectivity index (χ2v) is 3.55. The Kier molecular flexibility index (Phi) is 7.69. The first kappa shape index (κ1) is 12.4. The summed E-state index contributed by atoms with van der Waals surface area (Å²) < 4.78 is 0. The van der Waals surface area contributed by atoms with Gasteiger partial charge in [-0.3, -0.25) is 4.79 Å². The Hall–Kier alpha value is -0.570. The highest BCUT2D eigenvalue weighted by Crippen LogP contribution is 2.10. The van der Waals surface area contributed by atoms with Gasteiger partial charge in [-0.05, 0) is 26.4 Å². The average Bonchev–Trinajstić information content (AvgIpc) is 2.10. The van der Waals surface area contributed by atoms with Crippen molar-refractivity contribution in [3.63, 3.8) is 0 Å². The molecule has 0 aromatic heterocycles. The summed E-state index contributed by atoms with van der Waals surface area (Å²) in [4.78, 5) is 10.5. The Balaban J connectivity index is 3.11. The quantitative estimate of drug-likeness (QED) is 0.570. The fourth-order valence-corrected chi connectivity index (χ4v) is 1.23. The van der Waals surface area contributed by atoms with Crippen molar-refractivity contribution in [2.45, 2.75) is 39.0 Å². The molecule has 0 radical (unpaired) electrons. The maximum absolute atomic E-state index is 10.5. The second-order valence-electron chi connectivity index (χ2n) is 3.55. The van der Waals surface area contributed by atoms with Crippen molar-refractivity contribution in [1.82, 2.24) is 5.32 Å². The molecule has 0 aliphatic rings. The topological polar surface area (TPSA) is 49.3 Å². The molecule has 0 aromatic rings. The first-order valence-corrected chi connectivity index (χ1v) is 5.06. The molecule has 0 bridgehead atoms. The van der Waals surface area contributed by atoms with E-state index in [4.69, 9.17) is 5.11 Å². The average molecular weight is 187 g/mol. The number of carboxylic acids is 1. The van der Waals surface area contributed by atoms with Gasteiger partial charge in [-0.1, -0.05) is 26.2 Å². The van der Waals surface area contributed by atoms with Crippen molar-refractivity contribution in [3.05, 3.63) is 0 Å². The van der Waals surface area contributed by atoms with Crippen molar-refractivity contribution >= 4 is 5.97 Å². The predicted octanol–water partition coefficient (Wildman–Crippen LogP) is 1.88. The Bertz CT molecular complexity index is 137. The zero-order valence-corrected chi connectivity index (χ0v) is 8.68. The lowest BCUT2D eigenvalue weighted by Crippen LogP contribution is -2.09. The summed E-state index contributed by atoms with van der Waals surface area (Å²) in [7, 11) is 1.95. The van der Waals surface area contributed by atoms with Crippen LogP contribution in [0.25, 0.3) is 0 Å². The maximum atomic E-state index is 10.5. The lowest BCUT2D eigenvalue weighted by molar-refractivity contribution is -0.141. The van der Waals surface area contributed by atoms with E-state index in [9.17, 15) is 4.79 Å². The number of rotatable bonds is 8. The molecule has 0 aliphatic carbocycles. The van der Waals surface area contributed by atoms with E-state index in [2.05, 4.69) is 5.32 Å². The lowest BCUT2D eigenvalue weighted by Gasteiger charge is -2.05. The monoisotopic (exact) mass is 187 g/mol. The summed E-state index contributed by atoms with van der Waals surface area (Å²) in [6.07, 6.45) is 5.40.